The molecular formula is C6H6N2O2. The molecule has 52 valence electrons. The Morgan fingerprint density at radius 2 is 2.60 bits per heavy atom. The predicted octanol–water partition coefficient (Wildman–Crippen LogP) is -0.0601. The van der Waals surface area contributed by atoms with E-state index >= 15 is 0 Å². The Balaban J connectivity index is 2.39. The van der Waals surface area contributed by atoms with Crippen molar-refractivity contribution in [3.8, 4) is 0 Å². The zero-order valence-corrected chi connectivity index (χ0v) is 5.28. The Hall–Kier alpha value is -1.32. The zero-order chi connectivity index (χ0) is 6.97. The molecule has 0 spiro atoms. The second-order valence-corrected chi connectivity index (χ2v) is 2.14. The highest BCUT2D eigenvalue weighted by Gasteiger charge is 2.15. The van der Waals surface area contributed by atoms with Crippen molar-refractivity contribution >= 4 is 5.97 Å². The minimum Gasteiger partial charge on any atom is -0.444 e. The summed E-state index contributed by atoms with van der Waals surface area (Å²) in [7, 11) is 0. The van der Waals surface area contributed by atoms with Gasteiger partial charge < -0.3 is 9.30 Å². The first-order valence-electron chi connectivity index (χ1n) is 3.02. The monoisotopic (exact) mass is 138 g/mol. The fourth-order valence-electron chi connectivity index (χ4n) is 0.946. The van der Waals surface area contributed by atoms with E-state index in [1.807, 2.05) is 0 Å². The van der Waals surface area contributed by atoms with Gasteiger partial charge in [-0.1, -0.05) is 0 Å². The van der Waals surface area contributed by atoms with Crippen molar-refractivity contribution in [2.24, 2.45) is 0 Å². The van der Waals surface area contributed by atoms with Crippen LogP contribution >= 0.6 is 0 Å². The van der Waals surface area contributed by atoms with Gasteiger partial charge in [-0.2, -0.15) is 0 Å². The summed E-state index contributed by atoms with van der Waals surface area (Å²) in [6.45, 7) is 0.314. The van der Waals surface area contributed by atoms with Crippen LogP contribution in [0.3, 0.4) is 0 Å². The molecule has 2 heterocycles. The van der Waals surface area contributed by atoms with Gasteiger partial charge in [-0.3, -0.25) is 4.79 Å². The summed E-state index contributed by atoms with van der Waals surface area (Å²) < 4.78 is 6.55. The van der Waals surface area contributed by atoms with Gasteiger partial charge in [-0.05, 0) is 0 Å². The number of hydrogen-bond donors (Lipinski definition) is 0. The first-order valence-corrected chi connectivity index (χ1v) is 3.02. The van der Waals surface area contributed by atoms with E-state index in [0.717, 1.165) is 5.82 Å². The van der Waals surface area contributed by atoms with Gasteiger partial charge in [0.2, 0.25) is 0 Å². The van der Waals surface area contributed by atoms with E-state index in [9.17, 15) is 4.79 Å². The van der Waals surface area contributed by atoms with Crippen LogP contribution in [0.4, 0.5) is 0 Å². The Labute approximate surface area is 57.4 Å². The number of cyclic esters (lactones) is 1. The van der Waals surface area contributed by atoms with Crippen LogP contribution in [0.1, 0.15) is 5.82 Å². The number of aromatic nitrogens is 2. The van der Waals surface area contributed by atoms with Crippen molar-refractivity contribution in [1.29, 1.82) is 0 Å². The SMILES string of the molecule is O=C1Cc2nccn2CO1. The van der Waals surface area contributed by atoms with Gasteiger partial charge in [-0.15, -0.1) is 0 Å². The van der Waals surface area contributed by atoms with Crippen LogP contribution in [0, 0.1) is 0 Å². The smallest absolute Gasteiger partial charge is 0.315 e. The highest BCUT2D eigenvalue weighted by atomic mass is 16.5. The Kier molecular flexibility index (Phi) is 1.00. The number of imidazole rings is 1. The van der Waals surface area contributed by atoms with Crippen molar-refractivity contribution < 1.29 is 9.53 Å². The number of fused-ring (bicyclic) bond motifs is 1. The Morgan fingerprint density at radius 3 is 3.50 bits per heavy atom. The fourth-order valence-corrected chi connectivity index (χ4v) is 0.946. The summed E-state index contributed by atoms with van der Waals surface area (Å²) >= 11 is 0. The molecule has 10 heavy (non-hydrogen) atoms. The molecule has 4 nitrogen and oxygen atoms in total. The molecule has 0 amide bonds. The van der Waals surface area contributed by atoms with Gasteiger partial charge in [0.25, 0.3) is 0 Å². The van der Waals surface area contributed by atoms with E-state index in [0.29, 0.717) is 13.2 Å². The third kappa shape index (κ3) is 0.689. The minimum absolute atomic E-state index is 0.196. The van der Waals surface area contributed by atoms with E-state index in [1.165, 1.54) is 0 Å². The lowest BCUT2D eigenvalue weighted by Gasteiger charge is -2.12. The average Bonchev–Trinajstić information content (AvgIpc) is 2.33. The number of esters is 1. The molecule has 0 saturated carbocycles. The van der Waals surface area contributed by atoms with Gasteiger partial charge in [0, 0.05) is 12.4 Å². The molecule has 0 fully saturated rings. The molecule has 0 aliphatic carbocycles. The van der Waals surface area contributed by atoms with Crippen molar-refractivity contribution in [1.82, 2.24) is 9.55 Å². The lowest BCUT2D eigenvalue weighted by molar-refractivity contribution is -0.149. The van der Waals surface area contributed by atoms with Crippen LogP contribution < -0.4 is 0 Å². The maximum Gasteiger partial charge on any atom is 0.315 e. The number of nitrogens with zero attached hydrogens (tertiary/aromatic N) is 2. The Bertz CT molecular complexity index is 266. The van der Waals surface area contributed by atoms with Crippen LogP contribution in [0.25, 0.3) is 0 Å². The summed E-state index contributed by atoms with van der Waals surface area (Å²) in [6, 6.07) is 0. The number of rotatable bonds is 0. The maximum atomic E-state index is 10.6. The van der Waals surface area contributed by atoms with Crippen LogP contribution in [0.5, 0.6) is 0 Å². The summed E-state index contributed by atoms with van der Waals surface area (Å²) in [6.07, 6.45) is 3.76. The zero-order valence-electron chi connectivity index (χ0n) is 5.28. The minimum atomic E-state index is -0.196. The number of carbonyl (C=O) groups is 1. The Morgan fingerprint density at radius 1 is 1.70 bits per heavy atom. The number of carbonyl (C=O) groups excluding carboxylic acids is 1. The topological polar surface area (TPSA) is 44.1 Å². The molecule has 0 bridgehead atoms. The third-order valence-corrected chi connectivity index (χ3v) is 1.47. The van der Waals surface area contributed by atoms with Crippen molar-refractivity contribution in [3.05, 3.63) is 18.2 Å². The standard InChI is InChI=1S/C6H6N2O2/c9-6-3-5-7-1-2-8(5)4-10-6/h1-2H,3-4H2. The van der Waals surface area contributed by atoms with Gasteiger partial charge in [-0.25, -0.2) is 4.98 Å². The number of ether oxygens (including phenoxy) is 1. The van der Waals surface area contributed by atoms with Gasteiger partial charge >= 0.3 is 5.97 Å². The molecule has 0 aromatic carbocycles. The highest BCUT2D eigenvalue weighted by Crippen LogP contribution is 2.05. The van der Waals surface area contributed by atoms with Crippen LogP contribution in [-0.4, -0.2) is 15.5 Å². The molecule has 1 aliphatic rings. The molecule has 0 radical (unpaired) electrons. The maximum absolute atomic E-state index is 10.6. The van der Waals surface area contributed by atoms with Crippen LogP contribution in [0.2, 0.25) is 0 Å². The van der Waals surface area contributed by atoms with Gasteiger partial charge in [0.05, 0.1) is 0 Å². The van der Waals surface area contributed by atoms with Gasteiger partial charge in [0.15, 0.2) is 6.73 Å². The van der Waals surface area contributed by atoms with Crippen molar-refractivity contribution in [2.45, 2.75) is 13.2 Å². The normalized spacial score (nSPS) is 16.2. The molecule has 4 heteroatoms. The second kappa shape index (κ2) is 1.83. The third-order valence-electron chi connectivity index (χ3n) is 1.47. The summed E-state index contributed by atoms with van der Waals surface area (Å²) in [5.74, 6) is 0.593. The number of hydrogen-bond acceptors (Lipinski definition) is 3. The van der Waals surface area contributed by atoms with Crippen molar-refractivity contribution in [2.75, 3.05) is 0 Å². The van der Waals surface area contributed by atoms with Crippen LogP contribution in [-0.2, 0) is 22.7 Å². The largest absolute Gasteiger partial charge is 0.444 e. The summed E-state index contributed by atoms with van der Waals surface area (Å²) in [5.41, 5.74) is 0. The lowest BCUT2D eigenvalue weighted by Crippen LogP contribution is -2.21. The highest BCUT2D eigenvalue weighted by molar-refractivity contribution is 5.72. The molecule has 1 aromatic rings. The molecule has 0 N–H and O–H groups in total. The summed E-state index contributed by atoms with van der Waals surface area (Å²) in [4.78, 5) is 14.6. The van der Waals surface area contributed by atoms with E-state index < -0.39 is 0 Å². The average molecular weight is 138 g/mol. The van der Waals surface area contributed by atoms with Gasteiger partial charge in [0.1, 0.15) is 12.2 Å². The molecule has 0 atom stereocenters. The van der Waals surface area contributed by atoms with Crippen LogP contribution in [0.15, 0.2) is 12.4 Å². The van der Waals surface area contributed by atoms with E-state index in [-0.39, 0.29) is 5.97 Å². The van der Waals surface area contributed by atoms with E-state index in [4.69, 9.17) is 4.74 Å². The predicted molar refractivity (Wildman–Crippen MR) is 32.0 cm³/mol. The summed E-state index contributed by atoms with van der Waals surface area (Å²) in [5, 5.41) is 0. The molecular weight excluding hydrogens is 132 g/mol. The molecule has 1 aliphatic heterocycles. The second-order valence-electron chi connectivity index (χ2n) is 2.14. The molecule has 0 saturated heterocycles. The van der Waals surface area contributed by atoms with Crippen molar-refractivity contribution in [3.63, 3.8) is 0 Å². The fraction of sp³-hybridized carbons (Fsp3) is 0.333. The first kappa shape index (κ1) is 5.46. The van der Waals surface area contributed by atoms with E-state index in [2.05, 4.69) is 4.98 Å². The lowest BCUT2D eigenvalue weighted by atomic mass is 10.4. The quantitative estimate of drug-likeness (QED) is 0.472. The first-order chi connectivity index (χ1) is 4.86. The van der Waals surface area contributed by atoms with E-state index in [1.54, 1.807) is 17.0 Å². The molecule has 1 aromatic heterocycles. The molecule has 0 unspecified atom stereocenters. The molecule has 2 rings (SSSR count).